The van der Waals surface area contributed by atoms with Crippen molar-refractivity contribution >= 4 is 35.6 Å². The summed E-state index contributed by atoms with van der Waals surface area (Å²) in [6.07, 6.45) is 67.2. The Morgan fingerprint density at radius 2 is 0.500 bits per heavy atom. The second kappa shape index (κ2) is 142. The first-order valence-corrected chi connectivity index (χ1v) is 41.6. The molecular formula is C94H193N3O9. The van der Waals surface area contributed by atoms with Gasteiger partial charge in [0.2, 0.25) is 17.7 Å². The van der Waals surface area contributed by atoms with E-state index in [1.54, 1.807) is 6.08 Å². The van der Waals surface area contributed by atoms with E-state index in [1.807, 2.05) is 77.2 Å². The van der Waals surface area contributed by atoms with Gasteiger partial charge in [-0.2, -0.15) is 0 Å². The first-order chi connectivity index (χ1) is 50.4. The summed E-state index contributed by atoms with van der Waals surface area (Å²) in [5.74, 6) is -1.87. The van der Waals surface area contributed by atoms with E-state index in [9.17, 15) is 28.8 Å². The van der Waals surface area contributed by atoms with E-state index < -0.39 is 30.1 Å². The summed E-state index contributed by atoms with van der Waals surface area (Å²) in [6, 6.07) is -1.62. The molecule has 0 aliphatic carbocycles. The minimum Gasteiger partial charge on any atom is -0.467 e. The van der Waals surface area contributed by atoms with Crippen LogP contribution in [0.2, 0.25) is 0 Å². The van der Waals surface area contributed by atoms with Crippen molar-refractivity contribution in [1.82, 2.24) is 16.0 Å². The van der Waals surface area contributed by atoms with Crippen LogP contribution in [0, 0.1) is 0 Å². The third-order valence-electron chi connectivity index (χ3n) is 12.8. The minimum absolute atomic E-state index is 0. The first-order valence-electron chi connectivity index (χ1n) is 41.6. The van der Waals surface area contributed by atoms with Gasteiger partial charge in [-0.25, -0.2) is 14.4 Å². The predicted molar refractivity (Wildman–Crippen MR) is 485 cm³/mol. The number of methoxy groups -OCH3 is 3. The summed E-state index contributed by atoms with van der Waals surface area (Å²) in [5, 5.41) is 7.60. The van der Waals surface area contributed by atoms with Crippen molar-refractivity contribution in [3.05, 3.63) is 121 Å². The number of allylic oxidation sites excluding steroid dienone is 16. The minimum atomic E-state index is -0.571. The van der Waals surface area contributed by atoms with E-state index in [4.69, 9.17) is 0 Å². The lowest BCUT2D eigenvalue weighted by Crippen LogP contribution is -2.40. The zero-order valence-electron chi connectivity index (χ0n) is 77.4. The third kappa shape index (κ3) is 205. The molecule has 106 heavy (non-hydrogen) atoms. The Balaban J connectivity index is -0.0000000558. The van der Waals surface area contributed by atoms with Crippen LogP contribution in [-0.2, 0) is 43.0 Å². The quantitative estimate of drug-likeness (QED) is 0.0242. The van der Waals surface area contributed by atoms with Gasteiger partial charge in [0.25, 0.3) is 0 Å². The van der Waals surface area contributed by atoms with Gasteiger partial charge in [0.1, 0.15) is 18.1 Å². The summed E-state index contributed by atoms with van der Waals surface area (Å²) >= 11 is 0. The van der Waals surface area contributed by atoms with Crippen molar-refractivity contribution in [2.45, 2.75) is 432 Å². The fourth-order valence-electron chi connectivity index (χ4n) is 6.90. The number of carbonyl (C=O) groups excluding carboxylic acids is 6. The molecule has 0 unspecified atom stereocenters. The number of nitrogens with one attached hydrogen (secondary N) is 3. The highest BCUT2D eigenvalue weighted by molar-refractivity contribution is 5.84. The largest absolute Gasteiger partial charge is 0.467 e. The van der Waals surface area contributed by atoms with E-state index in [0.29, 0.717) is 19.3 Å². The van der Waals surface area contributed by atoms with Crippen molar-refractivity contribution in [2.75, 3.05) is 21.3 Å². The smallest absolute Gasteiger partial charge is 0.328 e. The molecule has 3 N–H and O–H groups in total. The van der Waals surface area contributed by atoms with Crippen LogP contribution < -0.4 is 16.0 Å². The van der Waals surface area contributed by atoms with Gasteiger partial charge in [0.15, 0.2) is 0 Å². The highest BCUT2D eigenvalue weighted by Crippen LogP contribution is 2.06. The van der Waals surface area contributed by atoms with E-state index in [2.05, 4.69) is 245 Å². The molecule has 0 aliphatic heterocycles. The van der Waals surface area contributed by atoms with Crippen LogP contribution in [-0.4, -0.2) is 75.1 Å². The molecule has 0 aromatic heterocycles. The molecule has 0 saturated carbocycles. The number of hydrogen-bond donors (Lipinski definition) is 3. The maximum Gasteiger partial charge on any atom is 0.328 e. The molecule has 0 fully saturated rings. The molecule has 0 saturated heterocycles. The molecule has 0 aromatic rings. The van der Waals surface area contributed by atoms with Gasteiger partial charge < -0.3 is 30.2 Å². The van der Waals surface area contributed by atoms with Gasteiger partial charge in [0, 0.05) is 23.6 Å². The van der Waals surface area contributed by atoms with Crippen molar-refractivity contribution < 1.29 is 45.8 Å². The van der Waals surface area contributed by atoms with Gasteiger partial charge in [-0.05, 0) is 146 Å². The maximum absolute atomic E-state index is 11.2. The lowest BCUT2D eigenvalue weighted by Gasteiger charge is -2.14. The van der Waals surface area contributed by atoms with Crippen LogP contribution >= 0.6 is 0 Å². The number of rotatable bonds is 35. The van der Waals surface area contributed by atoms with Gasteiger partial charge in [-0.15, -0.1) is 13.2 Å². The molecule has 638 valence electrons. The monoisotopic (exact) mass is 1510 g/mol. The number of carbonyl (C=O) groups is 6. The maximum atomic E-state index is 11.2. The van der Waals surface area contributed by atoms with E-state index in [0.717, 1.165) is 44.9 Å². The fourth-order valence-corrected chi connectivity index (χ4v) is 6.90. The highest BCUT2D eigenvalue weighted by atomic mass is 16.5. The van der Waals surface area contributed by atoms with Crippen LogP contribution in [0.4, 0.5) is 0 Å². The number of ether oxygens (including phenoxy) is 3. The van der Waals surface area contributed by atoms with E-state index in [-0.39, 0.29) is 26.5 Å². The van der Waals surface area contributed by atoms with Crippen LogP contribution in [0.25, 0.3) is 0 Å². The molecule has 0 heterocycles. The Hall–Kier alpha value is -5.78. The number of amides is 3. The predicted octanol–water partition coefficient (Wildman–Crippen LogP) is 29.9. The van der Waals surface area contributed by atoms with Crippen molar-refractivity contribution in [2.24, 2.45) is 0 Å². The molecule has 0 radical (unpaired) electrons. The Kier molecular flexibility index (Phi) is 181. The normalized spacial score (nSPS) is 10.0. The SMILES string of the molecule is C/C=C\C.C=CCC.C=CCC.CC=CCC.CC=CC[C@H](NC(C)=O)C(=O)OC.CCC=C(C)C.CCC=C(C)C.CCC=C(C)C.CCC=CCC.CCC=CC[C@H](NC(C)=O)C(=O)OC.CCCCCC.CCCCCC.CCCCCC.CCCCCC.CCCCC[C@H](NC(C)=O)C(=O)OC.[HH].[HH]. The molecule has 0 bridgehead atoms. The molecule has 0 rings (SSSR count). The molecule has 12 nitrogen and oxygen atoms in total. The summed E-state index contributed by atoms with van der Waals surface area (Å²) in [4.78, 5) is 65.7. The standard InChI is InChI=1S/C10H19NO3.C10H17NO3.C9H15NO3.3C6H12.4C6H14.C6H12.C5H10.3C4H8.2H2/c2*1-4-5-6-7-9(10(13)14-3)11-8(2)12;1-4-5-6-8(9(12)13-3)10-7(2)11;3*1-4-5-6(2)3;5*1-3-5-6-4-2;1-3-5-4-2;3*1-3-4-2;;/h9H,4-7H2,1-3H3,(H,11,12);5-6,9H,4,7H2,1-3H3,(H,11,12);4-5,8H,6H2,1-3H3,(H,10,11);3*5H,4H2,1-3H3;4*3-6H2,1-2H3;5-6H,3-4H2,1-2H3;3,5H,4H2,1-2H3;3-4H,1-2H3;2*3H,1,4H2,2H3;2*1H/b;;;;;;;;;;;;4-3-;;;;/t2*9-;8-;;;;;;;;;;;;;;/m000............../s1. The lowest BCUT2D eigenvalue weighted by molar-refractivity contribution is -0.145. The zero-order chi connectivity index (χ0) is 85.7. The second-order valence-corrected chi connectivity index (χ2v) is 25.0. The molecular weight excluding hydrogens is 1320 g/mol. The van der Waals surface area contributed by atoms with Crippen molar-refractivity contribution in [3.8, 4) is 0 Å². The van der Waals surface area contributed by atoms with Crippen molar-refractivity contribution in [1.29, 1.82) is 0 Å². The summed E-state index contributed by atoms with van der Waals surface area (Å²) in [6.45, 7) is 70.6. The highest BCUT2D eigenvalue weighted by Gasteiger charge is 2.20. The van der Waals surface area contributed by atoms with Gasteiger partial charge in [0.05, 0.1) is 21.3 Å². The molecule has 3 atom stereocenters. The van der Waals surface area contributed by atoms with Gasteiger partial charge in [-0.1, -0.05) is 354 Å². The first kappa shape index (κ1) is 136. The molecule has 0 aliphatic rings. The third-order valence-corrected chi connectivity index (χ3v) is 12.8. The molecule has 12 heteroatoms. The lowest BCUT2D eigenvalue weighted by atomic mass is 10.1. The van der Waals surface area contributed by atoms with Crippen LogP contribution in [0.15, 0.2) is 121 Å². The Bertz CT molecular complexity index is 1840. The van der Waals surface area contributed by atoms with Crippen molar-refractivity contribution in [3.63, 3.8) is 0 Å². The zero-order valence-corrected chi connectivity index (χ0v) is 77.4. The van der Waals surface area contributed by atoms with Crippen LogP contribution in [0.5, 0.6) is 0 Å². The average Bonchev–Trinajstić information content (AvgIpc) is 0.970. The molecule has 0 aromatic carbocycles. The summed E-state index contributed by atoms with van der Waals surface area (Å²) < 4.78 is 13.7. The van der Waals surface area contributed by atoms with Crippen LogP contribution in [0.1, 0.15) is 417 Å². The number of hydrogen-bond acceptors (Lipinski definition) is 9. The van der Waals surface area contributed by atoms with E-state index in [1.165, 1.54) is 194 Å². The van der Waals surface area contributed by atoms with Gasteiger partial charge >= 0.3 is 17.9 Å². The van der Waals surface area contributed by atoms with E-state index >= 15 is 0 Å². The Labute approximate surface area is 668 Å². The number of esters is 3. The number of unbranched alkanes of at least 4 members (excludes halogenated alkanes) is 14. The second-order valence-electron chi connectivity index (χ2n) is 25.0. The van der Waals surface area contributed by atoms with Gasteiger partial charge in [-0.3, -0.25) is 14.4 Å². The average molecular weight is 1510 g/mol. The molecule has 0 spiro atoms. The van der Waals surface area contributed by atoms with Crippen LogP contribution in [0.3, 0.4) is 0 Å². The Morgan fingerprint density at radius 1 is 0.292 bits per heavy atom. The molecule has 3 amide bonds. The fraction of sp³-hybridized carbons (Fsp3) is 0.723. The topological polar surface area (TPSA) is 166 Å². The summed E-state index contributed by atoms with van der Waals surface area (Å²) in [7, 11) is 3.93. The Morgan fingerprint density at radius 3 is 0.651 bits per heavy atom. The summed E-state index contributed by atoms with van der Waals surface area (Å²) in [5.41, 5.74) is 4.24.